The number of nitrogens with two attached hydrogens (primary N) is 1. The molecule has 0 saturated carbocycles. The number of aromatic nitrogens is 1. The molecule has 0 aliphatic carbocycles. The molecule has 1 aromatic rings. The van der Waals surface area contributed by atoms with Crippen molar-refractivity contribution in [3.05, 3.63) is 18.0 Å². The Balaban J connectivity index is 2.02. The molecule has 1 aliphatic rings. The van der Waals surface area contributed by atoms with Gasteiger partial charge in [0.25, 0.3) is 0 Å². The first-order valence-electron chi connectivity index (χ1n) is 6.04. The minimum Gasteiger partial charge on any atom is -0.489 e. The number of nitrogens with zero attached hydrogens (tertiary/aromatic N) is 1. The third-order valence-corrected chi connectivity index (χ3v) is 2.88. The highest BCUT2D eigenvalue weighted by Crippen LogP contribution is 2.32. The summed E-state index contributed by atoms with van der Waals surface area (Å²) in [5.74, 6) is -0.00324. The van der Waals surface area contributed by atoms with Gasteiger partial charge in [0.05, 0.1) is 18.0 Å². The fourth-order valence-corrected chi connectivity index (χ4v) is 1.85. The van der Waals surface area contributed by atoms with Crippen molar-refractivity contribution in [3.63, 3.8) is 0 Å². The molecule has 1 atom stereocenters. The average Bonchev–Trinajstić information content (AvgIpc) is 2.37. The maximum absolute atomic E-state index is 12.5. The van der Waals surface area contributed by atoms with E-state index in [0.717, 1.165) is 31.5 Å². The summed E-state index contributed by atoms with van der Waals surface area (Å²) in [6.07, 6.45) is -0.750. The van der Waals surface area contributed by atoms with Gasteiger partial charge in [-0.3, -0.25) is 0 Å². The van der Waals surface area contributed by atoms with Gasteiger partial charge in [0, 0.05) is 12.7 Å². The van der Waals surface area contributed by atoms with Crippen LogP contribution < -0.4 is 10.5 Å². The summed E-state index contributed by atoms with van der Waals surface area (Å²) in [5, 5.41) is 0. The van der Waals surface area contributed by atoms with Crippen molar-refractivity contribution >= 4 is 5.69 Å². The molecule has 2 heterocycles. The standard InChI is InChI=1S/C12H15F3N2O2/c13-12(14,15)11-5-10(9(16)6-17-11)19-7-8-3-1-2-4-18-8/h5-6,8H,1-4,7,16H2. The van der Waals surface area contributed by atoms with Crippen LogP contribution in [0.4, 0.5) is 18.9 Å². The van der Waals surface area contributed by atoms with E-state index in [1.807, 2.05) is 0 Å². The molecule has 0 spiro atoms. The van der Waals surface area contributed by atoms with Gasteiger partial charge < -0.3 is 15.2 Å². The Morgan fingerprint density at radius 3 is 2.84 bits per heavy atom. The van der Waals surface area contributed by atoms with Gasteiger partial charge in [-0.2, -0.15) is 13.2 Å². The molecule has 2 rings (SSSR count). The molecule has 0 aromatic carbocycles. The van der Waals surface area contributed by atoms with Gasteiger partial charge in [-0.05, 0) is 19.3 Å². The van der Waals surface area contributed by atoms with Gasteiger partial charge in [0.15, 0.2) is 0 Å². The van der Waals surface area contributed by atoms with Crippen molar-refractivity contribution in [2.45, 2.75) is 31.5 Å². The third kappa shape index (κ3) is 3.73. The summed E-state index contributed by atoms with van der Waals surface area (Å²) in [4.78, 5) is 3.24. The van der Waals surface area contributed by atoms with Gasteiger partial charge in [0.2, 0.25) is 0 Å². The lowest BCUT2D eigenvalue weighted by Crippen LogP contribution is -2.26. The molecule has 19 heavy (non-hydrogen) atoms. The van der Waals surface area contributed by atoms with Crippen LogP contribution in [0, 0.1) is 0 Å². The van der Waals surface area contributed by atoms with Gasteiger partial charge in [-0.25, -0.2) is 4.98 Å². The highest BCUT2D eigenvalue weighted by atomic mass is 19.4. The van der Waals surface area contributed by atoms with Crippen LogP contribution in [0.15, 0.2) is 12.3 Å². The van der Waals surface area contributed by atoms with E-state index in [-0.39, 0.29) is 24.1 Å². The monoisotopic (exact) mass is 276 g/mol. The number of alkyl halides is 3. The van der Waals surface area contributed by atoms with Crippen LogP contribution in [-0.2, 0) is 10.9 Å². The molecule has 7 heteroatoms. The first-order valence-corrected chi connectivity index (χ1v) is 6.04. The molecule has 0 bridgehead atoms. The quantitative estimate of drug-likeness (QED) is 0.922. The van der Waals surface area contributed by atoms with Crippen molar-refractivity contribution < 1.29 is 22.6 Å². The highest BCUT2D eigenvalue weighted by molar-refractivity contribution is 5.51. The molecule has 4 nitrogen and oxygen atoms in total. The van der Waals surface area contributed by atoms with Crippen LogP contribution in [-0.4, -0.2) is 24.3 Å². The Morgan fingerprint density at radius 2 is 2.21 bits per heavy atom. The molecule has 1 saturated heterocycles. The van der Waals surface area contributed by atoms with Crippen molar-refractivity contribution in [2.75, 3.05) is 18.9 Å². The van der Waals surface area contributed by atoms with Crippen molar-refractivity contribution in [3.8, 4) is 5.75 Å². The lowest BCUT2D eigenvalue weighted by molar-refractivity contribution is -0.141. The number of anilines is 1. The molecule has 1 fully saturated rings. The molecule has 1 aliphatic heterocycles. The second-order valence-corrected chi connectivity index (χ2v) is 4.40. The summed E-state index contributed by atoms with van der Waals surface area (Å²) < 4.78 is 48.3. The van der Waals surface area contributed by atoms with E-state index < -0.39 is 11.9 Å². The topological polar surface area (TPSA) is 57.4 Å². The lowest BCUT2D eigenvalue weighted by Gasteiger charge is -2.23. The number of hydrogen-bond acceptors (Lipinski definition) is 4. The predicted molar refractivity (Wildman–Crippen MR) is 62.7 cm³/mol. The fraction of sp³-hybridized carbons (Fsp3) is 0.583. The second kappa shape index (κ2) is 5.64. The number of rotatable bonds is 3. The zero-order valence-corrected chi connectivity index (χ0v) is 10.2. The third-order valence-electron chi connectivity index (χ3n) is 2.88. The van der Waals surface area contributed by atoms with E-state index in [1.165, 1.54) is 0 Å². The van der Waals surface area contributed by atoms with E-state index >= 15 is 0 Å². The summed E-state index contributed by atoms with van der Waals surface area (Å²) in [5.41, 5.74) is 4.63. The average molecular weight is 276 g/mol. The van der Waals surface area contributed by atoms with Gasteiger partial charge in [-0.15, -0.1) is 0 Å². The minimum absolute atomic E-state index is 0.00324. The van der Waals surface area contributed by atoms with E-state index in [9.17, 15) is 13.2 Å². The van der Waals surface area contributed by atoms with E-state index in [2.05, 4.69) is 4.98 Å². The minimum atomic E-state index is -4.51. The number of nitrogen functional groups attached to an aromatic ring is 1. The zero-order chi connectivity index (χ0) is 13.9. The summed E-state index contributed by atoms with van der Waals surface area (Å²) in [7, 11) is 0. The van der Waals surface area contributed by atoms with Crippen LogP contribution >= 0.6 is 0 Å². The molecule has 0 amide bonds. The normalized spacial score (nSPS) is 20.3. The SMILES string of the molecule is Nc1cnc(C(F)(F)F)cc1OCC1CCCCO1. The number of pyridine rings is 1. The number of halogens is 3. The number of hydrogen-bond donors (Lipinski definition) is 1. The molecule has 0 radical (unpaired) electrons. The lowest BCUT2D eigenvalue weighted by atomic mass is 10.1. The van der Waals surface area contributed by atoms with E-state index in [4.69, 9.17) is 15.2 Å². The summed E-state index contributed by atoms with van der Waals surface area (Å²) in [6, 6.07) is 0.818. The van der Waals surface area contributed by atoms with Gasteiger partial charge in [-0.1, -0.05) is 0 Å². The van der Waals surface area contributed by atoms with Crippen LogP contribution in [0.25, 0.3) is 0 Å². The van der Waals surface area contributed by atoms with Gasteiger partial charge in [0.1, 0.15) is 18.1 Å². The Bertz CT molecular complexity index is 431. The van der Waals surface area contributed by atoms with Crippen molar-refractivity contribution in [2.24, 2.45) is 0 Å². The molecule has 2 N–H and O–H groups in total. The first kappa shape index (κ1) is 13.9. The fourth-order valence-electron chi connectivity index (χ4n) is 1.85. The summed E-state index contributed by atoms with van der Waals surface area (Å²) >= 11 is 0. The largest absolute Gasteiger partial charge is 0.489 e. The Kier molecular flexibility index (Phi) is 4.14. The molecule has 1 aromatic heterocycles. The number of ether oxygens (including phenoxy) is 2. The van der Waals surface area contributed by atoms with Crippen LogP contribution in [0.2, 0.25) is 0 Å². The van der Waals surface area contributed by atoms with Gasteiger partial charge >= 0.3 is 6.18 Å². The Morgan fingerprint density at radius 1 is 1.42 bits per heavy atom. The molecule has 106 valence electrons. The van der Waals surface area contributed by atoms with Crippen LogP contribution in [0.5, 0.6) is 5.75 Å². The Hall–Kier alpha value is -1.50. The molecular weight excluding hydrogens is 261 g/mol. The zero-order valence-electron chi connectivity index (χ0n) is 10.2. The maximum atomic E-state index is 12.5. The van der Waals surface area contributed by atoms with Crippen LogP contribution in [0.1, 0.15) is 25.0 Å². The molecular formula is C12H15F3N2O2. The highest BCUT2D eigenvalue weighted by Gasteiger charge is 2.33. The predicted octanol–water partition coefficient (Wildman–Crippen LogP) is 2.63. The first-order chi connectivity index (χ1) is 8.97. The van der Waals surface area contributed by atoms with Crippen molar-refractivity contribution in [1.82, 2.24) is 4.98 Å². The second-order valence-electron chi connectivity index (χ2n) is 4.40. The summed E-state index contributed by atoms with van der Waals surface area (Å²) in [6.45, 7) is 0.860. The Labute approximate surface area is 108 Å². The smallest absolute Gasteiger partial charge is 0.433 e. The maximum Gasteiger partial charge on any atom is 0.433 e. The van der Waals surface area contributed by atoms with E-state index in [1.54, 1.807) is 0 Å². The van der Waals surface area contributed by atoms with E-state index in [0.29, 0.717) is 6.61 Å². The van der Waals surface area contributed by atoms with Crippen LogP contribution in [0.3, 0.4) is 0 Å². The van der Waals surface area contributed by atoms with Crippen molar-refractivity contribution in [1.29, 1.82) is 0 Å². The molecule has 1 unspecified atom stereocenters.